The van der Waals surface area contributed by atoms with Gasteiger partial charge in [0.15, 0.2) is 0 Å². The predicted molar refractivity (Wildman–Crippen MR) is 151 cm³/mol. The van der Waals surface area contributed by atoms with E-state index in [0.29, 0.717) is 11.7 Å². The number of hydrogen-bond acceptors (Lipinski definition) is 12. The monoisotopic (exact) mass is 545 g/mol. The first kappa shape index (κ1) is 25.9. The van der Waals surface area contributed by atoms with Crippen molar-refractivity contribution in [1.29, 1.82) is 0 Å². The number of rotatable bonds is 9. The molecular formula is C26H27N9OS2. The average molecular weight is 546 g/mol. The Hall–Kier alpha value is -3.74. The summed E-state index contributed by atoms with van der Waals surface area (Å²) in [6.07, 6.45) is 2.52. The summed E-state index contributed by atoms with van der Waals surface area (Å²) in [5.41, 5.74) is 4.93. The highest BCUT2D eigenvalue weighted by Gasteiger charge is 2.14. The Balaban J connectivity index is 1.21. The van der Waals surface area contributed by atoms with Crippen LogP contribution in [-0.2, 0) is 11.3 Å². The van der Waals surface area contributed by atoms with Crippen LogP contribution in [-0.4, -0.2) is 30.4 Å². The largest absolute Gasteiger partial charge is 0.377 e. The molecule has 0 bridgehead atoms. The molecule has 0 spiro atoms. The molecule has 0 amide bonds. The number of aromatic nitrogens is 2. The number of thiophene rings is 1. The molecular weight excluding hydrogens is 518 g/mol. The van der Waals surface area contributed by atoms with E-state index in [4.69, 9.17) is 4.74 Å². The van der Waals surface area contributed by atoms with Crippen LogP contribution in [0.2, 0.25) is 0 Å². The summed E-state index contributed by atoms with van der Waals surface area (Å²) in [6.45, 7) is 6.61. The highest BCUT2D eigenvalue weighted by Crippen LogP contribution is 2.35. The predicted octanol–water partition coefficient (Wildman–Crippen LogP) is 9.21. The zero-order chi connectivity index (χ0) is 26.3. The van der Waals surface area contributed by atoms with Gasteiger partial charge in [0.1, 0.15) is 16.6 Å². The van der Waals surface area contributed by atoms with Gasteiger partial charge < -0.3 is 9.64 Å². The van der Waals surface area contributed by atoms with E-state index < -0.39 is 0 Å². The molecule has 0 atom stereocenters. The van der Waals surface area contributed by atoms with Gasteiger partial charge in [0.25, 0.3) is 5.13 Å². The second-order valence-corrected chi connectivity index (χ2v) is 10.8. The fourth-order valence-corrected chi connectivity index (χ4v) is 5.40. The Morgan fingerprint density at radius 2 is 1.42 bits per heavy atom. The summed E-state index contributed by atoms with van der Waals surface area (Å²) in [5, 5.41) is 37.6. The average Bonchev–Trinajstić information content (AvgIpc) is 3.69. The number of aryl methyl sites for hydroxylation is 2. The van der Waals surface area contributed by atoms with Crippen molar-refractivity contribution in [1.82, 2.24) is 10.2 Å². The zero-order valence-electron chi connectivity index (χ0n) is 21.4. The lowest BCUT2D eigenvalue weighted by Crippen LogP contribution is -2.15. The maximum absolute atomic E-state index is 5.05. The Kier molecular flexibility index (Phi) is 8.31. The lowest BCUT2D eigenvalue weighted by atomic mass is 10.2. The molecule has 0 aliphatic carbocycles. The van der Waals surface area contributed by atoms with Crippen molar-refractivity contribution in [3.63, 3.8) is 0 Å². The summed E-state index contributed by atoms with van der Waals surface area (Å²) in [5.74, 6) is 0. The molecule has 1 saturated heterocycles. The summed E-state index contributed by atoms with van der Waals surface area (Å²) in [7, 11) is 1.62. The van der Waals surface area contributed by atoms with Crippen LogP contribution in [0.3, 0.4) is 0 Å². The molecule has 12 heteroatoms. The number of benzene rings is 2. The standard InChI is InChI=1S/C26H27N9OS2/c1-17-15-20(28-31-23-10-11-25(37-23)35-12-4-5-13-35)7-8-21(17)29-27-19-6-9-22(18(2)14-19)30-33-26-34-32-24(38-26)16-36-3/h6-11,14-15H,4-5,12-13,16H2,1-3H3. The molecule has 0 radical (unpaired) electrons. The maximum Gasteiger partial charge on any atom is 0.251 e. The van der Waals surface area contributed by atoms with E-state index in [1.54, 1.807) is 18.4 Å². The van der Waals surface area contributed by atoms with Gasteiger partial charge >= 0.3 is 0 Å². The quantitative estimate of drug-likeness (QED) is 0.195. The Morgan fingerprint density at radius 3 is 2.08 bits per heavy atom. The van der Waals surface area contributed by atoms with Gasteiger partial charge in [0.05, 0.1) is 27.8 Å². The maximum atomic E-state index is 5.05. The van der Waals surface area contributed by atoms with Gasteiger partial charge in [0, 0.05) is 20.2 Å². The molecule has 1 aliphatic heterocycles. The molecule has 194 valence electrons. The number of methoxy groups -OCH3 is 1. The van der Waals surface area contributed by atoms with Crippen LogP contribution >= 0.6 is 22.7 Å². The fraction of sp³-hybridized carbons (Fsp3) is 0.308. The lowest BCUT2D eigenvalue weighted by molar-refractivity contribution is 0.184. The third-order valence-electron chi connectivity index (χ3n) is 5.86. The summed E-state index contributed by atoms with van der Waals surface area (Å²) in [6, 6.07) is 15.6. The summed E-state index contributed by atoms with van der Waals surface area (Å²) < 4.78 is 5.05. The van der Waals surface area contributed by atoms with Crippen LogP contribution in [0.4, 0.5) is 37.9 Å². The van der Waals surface area contributed by atoms with Gasteiger partial charge in [-0.05, 0) is 86.3 Å². The minimum Gasteiger partial charge on any atom is -0.377 e. The second-order valence-electron chi connectivity index (χ2n) is 8.76. The van der Waals surface area contributed by atoms with Crippen molar-refractivity contribution < 1.29 is 4.74 Å². The normalized spacial score (nSPS) is 14.1. The van der Waals surface area contributed by atoms with E-state index in [1.165, 1.54) is 29.2 Å². The molecule has 4 aromatic rings. The van der Waals surface area contributed by atoms with Gasteiger partial charge in [-0.1, -0.05) is 22.7 Å². The zero-order valence-corrected chi connectivity index (χ0v) is 23.0. The highest BCUT2D eigenvalue weighted by atomic mass is 32.1. The third-order valence-corrected chi connectivity index (χ3v) is 7.67. The number of azo groups is 3. The molecule has 1 fully saturated rings. The van der Waals surface area contributed by atoms with Crippen LogP contribution in [0.25, 0.3) is 0 Å². The van der Waals surface area contributed by atoms with Crippen LogP contribution in [0.1, 0.15) is 29.0 Å². The SMILES string of the molecule is COCc1nnc(N=Nc2ccc(N=Nc3ccc(N=Nc4ccc(N5CCCC5)s4)cc3C)cc2C)s1. The van der Waals surface area contributed by atoms with Crippen LogP contribution in [0.15, 0.2) is 79.2 Å². The first-order chi connectivity index (χ1) is 18.6. The number of nitrogens with zero attached hydrogens (tertiary/aromatic N) is 9. The van der Waals surface area contributed by atoms with Crippen molar-refractivity contribution in [3.8, 4) is 0 Å². The van der Waals surface area contributed by atoms with Crippen molar-refractivity contribution in [2.75, 3.05) is 25.1 Å². The van der Waals surface area contributed by atoms with E-state index in [1.807, 2.05) is 56.3 Å². The Morgan fingerprint density at radius 1 is 0.763 bits per heavy atom. The minimum atomic E-state index is 0.410. The summed E-state index contributed by atoms with van der Waals surface area (Å²) >= 11 is 3.02. The molecule has 2 aromatic carbocycles. The molecule has 5 rings (SSSR count). The van der Waals surface area contributed by atoms with E-state index in [2.05, 4.69) is 51.8 Å². The second kappa shape index (κ2) is 12.2. The van der Waals surface area contributed by atoms with Crippen LogP contribution in [0, 0.1) is 13.8 Å². The van der Waals surface area contributed by atoms with E-state index in [-0.39, 0.29) is 0 Å². The highest BCUT2D eigenvalue weighted by molar-refractivity contribution is 7.19. The van der Waals surface area contributed by atoms with Crippen molar-refractivity contribution in [2.45, 2.75) is 33.3 Å². The topological polar surface area (TPSA) is 112 Å². The van der Waals surface area contributed by atoms with Crippen molar-refractivity contribution >= 4 is 60.6 Å². The van der Waals surface area contributed by atoms with Gasteiger partial charge in [0.2, 0.25) is 0 Å². The fourth-order valence-electron chi connectivity index (χ4n) is 3.89. The number of ether oxygens (including phenoxy) is 1. The molecule has 1 aliphatic rings. The van der Waals surface area contributed by atoms with Gasteiger partial charge in [-0.15, -0.1) is 30.7 Å². The molecule has 2 aromatic heterocycles. The first-order valence-electron chi connectivity index (χ1n) is 12.2. The Bertz CT molecular complexity index is 1490. The van der Waals surface area contributed by atoms with E-state index in [9.17, 15) is 0 Å². The molecule has 0 saturated carbocycles. The van der Waals surface area contributed by atoms with Gasteiger partial charge in [-0.3, -0.25) is 0 Å². The van der Waals surface area contributed by atoms with E-state index in [0.717, 1.165) is 57.0 Å². The minimum absolute atomic E-state index is 0.410. The number of hydrogen-bond donors (Lipinski definition) is 0. The number of anilines is 1. The third kappa shape index (κ3) is 6.57. The first-order valence-corrected chi connectivity index (χ1v) is 13.8. The Labute approximate surface area is 228 Å². The molecule has 38 heavy (non-hydrogen) atoms. The molecule has 0 unspecified atom stereocenters. The smallest absolute Gasteiger partial charge is 0.251 e. The lowest BCUT2D eigenvalue weighted by Gasteiger charge is -2.13. The molecule has 10 nitrogen and oxygen atoms in total. The van der Waals surface area contributed by atoms with Crippen molar-refractivity contribution in [3.05, 3.63) is 64.7 Å². The molecule has 3 heterocycles. The summed E-state index contributed by atoms with van der Waals surface area (Å²) in [4.78, 5) is 2.41. The van der Waals surface area contributed by atoms with E-state index >= 15 is 0 Å². The van der Waals surface area contributed by atoms with Gasteiger partial charge in [-0.25, -0.2) is 0 Å². The van der Waals surface area contributed by atoms with Crippen molar-refractivity contribution in [2.24, 2.45) is 30.7 Å². The van der Waals surface area contributed by atoms with Gasteiger partial charge in [-0.2, -0.15) is 10.2 Å². The molecule has 0 N–H and O–H groups in total. The van der Waals surface area contributed by atoms with Crippen LogP contribution < -0.4 is 4.90 Å². The van der Waals surface area contributed by atoms with Crippen LogP contribution in [0.5, 0.6) is 0 Å².